The molecule has 0 N–H and O–H groups in total. The van der Waals surface area contributed by atoms with Gasteiger partial charge in [-0.05, 0) is 69.1 Å². The van der Waals surface area contributed by atoms with Crippen molar-refractivity contribution in [2.45, 2.75) is 0 Å². The number of aliphatic imine (C=N–C) groups is 1. The number of aromatic nitrogens is 1. The standard InChI is InChI=1S/C25H14BrClN2O2S/c26-20-14-29-21(22(30)15-10-12-17(27)13-11-15)24(28-23(31)16-6-2-1-3-7-16)32-25(29)19-9-5-4-8-18(19)20/h1-14H. The summed E-state index contributed by atoms with van der Waals surface area (Å²) in [5, 5.41) is 15.8. The third-order valence-corrected chi connectivity index (χ3v) is 7.03. The van der Waals surface area contributed by atoms with E-state index in [4.69, 9.17) is 11.6 Å². The van der Waals surface area contributed by atoms with Crippen LogP contribution in [0.5, 0.6) is 0 Å². The van der Waals surface area contributed by atoms with Crippen LogP contribution in [0.1, 0.15) is 21.6 Å². The molecule has 0 radical (unpaired) electrons. The molecule has 0 spiro atoms. The van der Waals surface area contributed by atoms with Gasteiger partial charge < -0.3 is 5.11 Å². The summed E-state index contributed by atoms with van der Waals surface area (Å²) in [5.74, 6) is -0.633. The normalized spacial score (nSPS) is 11.9. The Hall–Kier alpha value is -3.06. The topological polar surface area (TPSA) is 56.6 Å². The second-order valence-corrected chi connectivity index (χ2v) is 9.34. The first-order valence-electron chi connectivity index (χ1n) is 9.70. The average molecular weight is 522 g/mol. The molecule has 0 amide bonds. The molecule has 0 bridgehead atoms. The second kappa shape index (κ2) is 8.47. The second-order valence-electron chi connectivity index (χ2n) is 7.07. The van der Waals surface area contributed by atoms with Crippen molar-refractivity contribution in [1.82, 2.24) is 0 Å². The van der Waals surface area contributed by atoms with Gasteiger partial charge in [-0.2, -0.15) is 0 Å². The number of carbonyl (C=O) groups excluding carboxylic acids is 1. The van der Waals surface area contributed by atoms with E-state index in [1.54, 1.807) is 48.5 Å². The zero-order valence-corrected chi connectivity index (χ0v) is 19.6. The van der Waals surface area contributed by atoms with Crippen molar-refractivity contribution in [2.24, 2.45) is 4.99 Å². The quantitative estimate of drug-likeness (QED) is 0.131. The molecule has 3 aromatic carbocycles. The Labute approximate surface area is 201 Å². The van der Waals surface area contributed by atoms with Crippen LogP contribution in [0.3, 0.4) is 0 Å². The molecule has 5 aromatic rings. The number of hydrogen-bond donors (Lipinski definition) is 0. The molecule has 0 aliphatic rings. The van der Waals surface area contributed by atoms with Crippen molar-refractivity contribution in [3.05, 3.63) is 111 Å². The van der Waals surface area contributed by atoms with E-state index in [0.717, 1.165) is 20.1 Å². The Morgan fingerprint density at radius 2 is 1.56 bits per heavy atom. The summed E-state index contributed by atoms with van der Waals surface area (Å²) in [5.41, 5.74) is 1.27. The van der Waals surface area contributed by atoms with Gasteiger partial charge in [0.05, 0.1) is 9.86 Å². The molecule has 0 fully saturated rings. The number of halogens is 2. The van der Waals surface area contributed by atoms with Crippen LogP contribution in [-0.2, 0) is 0 Å². The predicted molar refractivity (Wildman–Crippen MR) is 130 cm³/mol. The minimum absolute atomic E-state index is 0.236. The van der Waals surface area contributed by atoms with Crippen LogP contribution in [-0.4, -0.2) is 11.7 Å². The van der Waals surface area contributed by atoms with Crippen molar-refractivity contribution in [1.29, 1.82) is 0 Å². The highest BCUT2D eigenvalue weighted by Crippen LogP contribution is 2.35. The number of ketones is 1. The molecule has 0 saturated carbocycles. The average Bonchev–Trinajstić information content (AvgIpc) is 3.17. The molecular formula is C25H14BrClN2O2S. The fourth-order valence-electron chi connectivity index (χ4n) is 3.52. The number of hydrogen-bond acceptors (Lipinski definition) is 4. The van der Waals surface area contributed by atoms with Gasteiger partial charge in [0.15, 0.2) is 11.2 Å². The van der Waals surface area contributed by atoms with E-state index < -0.39 is 5.90 Å². The minimum Gasteiger partial charge on any atom is -0.858 e. The first-order valence-corrected chi connectivity index (χ1v) is 11.7. The number of fused-ring (bicyclic) bond motifs is 3. The summed E-state index contributed by atoms with van der Waals surface area (Å²) >= 11 is 10.9. The molecule has 7 heteroatoms. The summed E-state index contributed by atoms with van der Waals surface area (Å²) in [7, 11) is 0. The van der Waals surface area contributed by atoms with E-state index in [-0.39, 0.29) is 5.78 Å². The molecule has 4 nitrogen and oxygen atoms in total. The monoisotopic (exact) mass is 520 g/mol. The van der Waals surface area contributed by atoms with Crippen LogP contribution in [0.25, 0.3) is 15.6 Å². The van der Waals surface area contributed by atoms with Crippen molar-refractivity contribution in [2.75, 3.05) is 0 Å². The maximum atomic E-state index is 13.6. The van der Waals surface area contributed by atoms with Gasteiger partial charge in [-0.25, -0.2) is 4.99 Å². The van der Waals surface area contributed by atoms with E-state index in [0.29, 0.717) is 26.8 Å². The molecule has 2 aromatic heterocycles. The summed E-state index contributed by atoms with van der Waals surface area (Å²) in [6.07, 6.45) is 1.85. The highest BCUT2D eigenvalue weighted by atomic mass is 79.9. The van der Waals surface area contributed by atoms with Crippen molar-refractivity contribution >= 4 is 71.2 Å². The number of carbonyl (C=O) groups is 1. The van der Waals surface area contributed by atoms with Gasteiger partial charge in [-0.1, -0.05) is 60.1 Å². The smallest absolute Gasteiger partial charge is 0.296 e. The maximum absolute atomic E-state index is 13.6. The first kappa shape index (κ1) is 20.8. The Morgan fingerprint density at radius 1 is 0.906 bits per heavy atom. The molecule has 32 heavy (non-hydrogen) atoms. The lowest BCUT2D eigenvalue weighted by atomic mass is 10.1. The van der Waals surface area contributed by atoms with E-state index in [1.165, 1.54) is 11.3 Å². The SMILES string of the molecule is O=C(c1ccc(Cl)cc1)c1c(/N=C(\[O-])c2ccccc2)sc2c3ccccc3c(Br)c[n+]12. The van der Waals surface area contributed by atoms with Gasteiger partial charge in [-0.15, -0.1) is 4.40 Å². The van der Waals surface area contributed by atoms with E-state index in [9.17, 15) is 9.90 Å². The van der Waals surface area contributed by atoms with Crippen molar-refractivity contribution < 1.29 is 14.3 Å². The molecular weight excluding hydrogens is 508 g/mol. The zero-order valence-electron chi connectivity index (χ0n) is 16.5. The predicted octanol–water partition coefficient (Wildman–Crippen LogP) is 5.73. The van der Waals surface area contributed by atoms with Gasteiger partial charge in [-0.3, -0.25) is 4.79 Å². The molecule has 0 saturated heterocycles. The van der Waals surface area contributed by atoms with E-state index in [2.05, 4.69) is 20.9 Å². The Kier molecular flexibility index (Phi) is 5.51. The zero-order chi connectivity index (χ0) is 22.2. The molecule has 2 heterocycles. The first-order chi connectivity index (χ1) is 15.5. The Balaban J connectivity index is 1.80. The van der Waals surface area contributed by atoms with Gasteiger partial charge in [0, 0.05) is 16.0 Å². The van der Waals surface area contributed by atoms with Gasteiger partial charge in [0.25, 0.3) is 16.3 Å². The summed E-state index contributed by atoms with van der Waals surface area (Å²) < 4.78 is 2.65. The van der Waals surface area contributed by atoms with Crippen LogP contribution in [0.2, 0.25) is 5.02 Å². The lowest BCUT2D eigenvalue weighted by Crippen LogP contribution is -2.28. The third kappa shape index (κ3) is 3.71. The number of pyridine rings is 1. The summed E-state index contributed by atoms with van der Waals surface area (Å²) in [6.45, 7) is 0. The Bertz CT molecular complexity index is 1510. The molecule has 0 atom stereocenters. The number of thiazole rings is 1. The Morgan fingerprint density at radius 3 is 2.28 bits per heavy atom. The molecule has 0 aliphatic heterocycles. The molecule has 156 valence electrons. The lowest BCUT2D eigenvalue weighted by Gasteiger charge is -2.09. The minimum atomic E-state index is -0.397. The van der Waals surface area contributed by atoms with Crippen LogP contribution in [0.15, 0.2) is 94.5 Å². The fraction of sp³-hybridized carbons (Fsp3) is 0. The fourth-order valence-corrected chi connectivity index (χ4v) is 5.33. The summed E-state index contributed by atoms with van der Waals surface area (Å²) in [6, 6.07) is 23.4. The van der Waals surface area contributed by atoms with Crippen molar-refractivity contribution in [3.63, 3.8) is 0 Å². The largest absolute Gasteiger partial charge is 0.858 e. The highest BCUT2D eigenvalue weighted by molar-refractivity contribution is 9.10. The number of rotatable bonds is 4. The van der Waals surface area contributed by atoms with Gasteiger partial charge in [0.2, 0.25) is 0 Å². The molecule has 0 unspecified atom stereocenters. The molecule has 0 aliphatic carbocycles. The van der Waals surface area contributed by atoms with Gasteiger partial charge >= 0.3 is 0 Å². The number of benzene rings is 3. The van der Waals surface area contributed by atoms with E-state index in [1.807, 2.05) is 40.9 Å². The lowest BCUT2D eigenvalue weighted by molar-refractivity contribution is -0.508. The van der Waals surface area contributed by atoms with Crippen LogP contribution in [0.4, 0.5) is 5.00 Å². The van der Waals surface area contributed by atoms with Crippen molar-refractivity contribution in [3.8, 4) is 0 Å². The van der Waals surface area contributed by atoms with Crippen LogP contribution < -0.4 is 9.51 Å². The highest BCUT2D eigenvalue weighted by Gasteiger charge is 2.31. The number of nitrogens with zero attached hydrogens (tertiary/aromatic N) is 2. The summed E-state index contributed by atoms with van der Waals surface area (Å²) in [4.78, 5) is 18.8. The third-order valence-electron chi connectivity index (χ3n) is 5.06. The van der Waals surface area contributed by atoms with Gasteiger partial charge in [0.1, 0.15) is 0 Å². The van der Waals surface area contributed by atoms with Crippen LogP contribution >= 0.6 is 38.9 Å². The van der Waals surface area contributed by atoms with Crippen LogP contribution in [0, 0.1) is 0 Å². The molecule has 5 rings (SSSR count). The maximum Gasteiger partial charge on any atom is 0.296 e. The van der Waals surface area contributed by atoms with E-state index >= 15 is 0 Å².